The van der Waals surface area contributed by atoms with Crippen LogP contribution < -0.4 is 0 Å². The third kappa shape index (κ3) is 2.46. The van der Waals surface area contributed by atoms with E-state index in [-0.39, 0.29) is 0 Å². The molecule has 1 aliphatic carbocycles. The highest BCUT2D eigenvalue weighted by Gasteiger charge is 2.49. The summed E-state index contributed by atoms with van der Waals surface area (Å²) in [5.74, 6) is 3.73. The second kappa shape index (κ2) is 5.56. The van der Waals surface area contributed by atoms with E-state index in [0.29, 0.717) is 5.41 Å². The maximum atomic E-state index is 2.56. The summed E-state index contributed by atoms with van der Waals surface area (Å²) >= 11 is 0. The number of hydrogen-bond donors (Lipinski definition) is 0. The van der Waals surface area contributed by atoms with Gasteiger partial charge in [0.2, 0.25) is 0 Å². The summed E-state index contributed by atoms with van der Waals surface area (Å²) in [7, 11) is 0. The molecule has 0 nitrogen and oxygen atoms in total. The molecule has 0 amide bonds. The molecule has 16 heavy (non-hydrogen) atoms. The quantitative estimate of drug-likeness (QED) is 0.557. The van der Waals surface area contributed by atoms with E-state index in [1.54, 1.807) is 0 Å². The molecule has 96 valence electrons. The van der Waals surface area contributed by atoms with E-state index >= 15 is 0 Å². The van der Waals surface area contributed by atoms with Gasteiger partial charge in [-0.3, -0.25) is 0 Å². The third-order valence-electron chi connectivity index (χ3n) is 5.81. The third-order valence-corrected chi connectivity index (χ3v) is 5.81. The minimum Gasteiger partial charge on any atom is -0.0654 e. The topological polar surface area (TPSA) is 0 Å². The zero-order valence-electron chi connectivity index (χ0n) is 12.3. The minimum absolute atomic E-state index is 0.643. The Hall–Kier alpha value is 0. The summed E-state index contributed by atoms with van der Waals surface area (Å²) in [6, 6.07) is 0. The van der Waals surface area contributed by atoms with Crippen LogP contribution in [0.5, 0.6) is 0 Å². The van der Waals surface area contributed by atoms with Gasteiger partial charge >= 0.3 is 0 Å². The van der Waals surface area contributed by atoms with Gasteiger partial charge in [0.1, 0.15) is 0 Å². The molecule has 0 heteroatoms. The molecule has 0 bridgehead atoms. The molecule has 0 spiro atoms. The molecular weight excluding hydrogens is 192 g/mol. The Morgan fingerprint density at radius 2 is 1.81 bits per heavy atom. The van der Waals surface area contributed by atoms with Crippen molar-refractivity contribution < 1.29 is 0 Å². The number of rotatable bonds is 6. The molecule has 5 unspecified atom stereocenters. The molecule has 5 atom stereocenters. The van der Waals surface area contributed by atoms with Crippen LogP contribution in [0.1, 0.15) is 73.6 Å². The van der Waals surface area contributed by atoms with E-state index in [1.807, 2.05) is 0 Å². The lowest BCUT2D eigenvalue weighted by atomic mass is 9.50. The Kier molecular flexibility index (Phi) is 4.88. The zero-order valence-corrected chi connectivity index (χ0v) is 12.3. The van der Waals surface area contributed by atoms with Gasteiger partial charge in [0.25, 0.3) is 0 Å². The van der Waals surface area contributed by atoms with Crippen LogP contribution >= 0.6 is 0 Å². The second-order valence-electron chi connectivity index (χ2n) is 6.59. The Morgan fingerprint density at radius 1 is 1.19 bits per heavy atom. The minimum atomic E-state index is 0.643. The van der Waals surface area contributed by atoms with Gasteiger partial charge in [-0.05, 0) is 41.9 Å². The zero-order chi connectivity index (χ0) is 12.3. The molecule has 1 rings (SSSR count). The summed E-state index contributed by atoms with van der Waals surface area (Å²) in [5.41, 5.74) is 0.643. The van der Waals surface area contributed by atoms with Crippen LogP contribution in [0.15, 0.2) is 0 Å². The SMILES string of the molecule is CCCC(C)C1CCC1(C)C(C)C(C)CC. The van der Waals surface area contributed by atoms with Gasteiger partial charge in [0.05, 0.1) is 0 Å². The second-order valence-corrected chi connectivity index (χ2v) is 6.59. The molecule has 0 aromatic carbocycles. The van der Waals surface area contributed by atoms with E-state index in [4.69, 9.17) is 0 Å². The maximum Gasteiger partial charge on any atom is -0.0267 e. The van der Waals surface area contributed by atoms with E-state index in [1.165, 1.54) is 32.1 Å². The Labute approximate surface area is 103 Å². The van der Waals surface area contributed by atoms with E-state index in [9.17, 15) is 0 Å². The van der Waals surface area contributed by atoms with Gasteiger partial charge in [-0.25, -0.2) is 0 Å². The molecule has 1 fully saturated rings. The van der Waals surface area contributed by atoms with Crippen LogP contribution in [-0.4, -0.2) is 0 Å². The predicted octanol–water partition coefficient (Wildman–Crippen LogP) is 5.52. The van der Waals surface area contributed by atoms with Crippen molar-refractivity contribution in [3.05, 3.63) is 0 Å². The standard InChI is InChI=1S/C16H32/c1-7-9-13(4)15-10-11-16(15,6)14(5)12(3)8-2/h12-15H,7-11H2,1-6H3. The van der Waals surface area contributed by atoms with Crippen molar-refractivity contribution in [2.45, 2.75) is 73.6 Å². The lowest BCUT2D eigenvalue weighted by molar-refractivity contribution is -0.0606. The highest BCUT2D eigenvalue weighted by atomic mass is 14.5. The molecule has 0 aromatic rings. The summed E-state index contributed by atoms with van der Waals surface area (Å²) < 4.78 is 0. The molecule has 0 aromatic heterocycles. The van der Waals surface area contributed by atoms with Gasteiger partial charge in [0, 0.05) is 0 Å². The first-order valence-electron chi connectivity index (χ1n) is 7.47. The molecule has 1 aliphatic rings. The lowest BCUT2D eigenvalue weighted by Crippen LogP contribution is -2.47. The molecule has 0 radical (unpaired) electrons. The van der Waals surface area contributed by atoms with Gasteiger partial charge in [-0.1, -0.05) is 60.8 Å². The summed E-state index contributed by atoms with van der Waals surface area (Å²) in [4.78, 5) is 0. The molecule has 0 heterocycles. The van der Waals surface area contributed by atoms with Crippen molar-refractivity contribution in [1.29, 1.82) is 0 Å². The van der Waals surface area contributed by atoms with Crippen molar-refractivity contribution in [3.63, 3.8) is 0 Å². The molecular formula is C16H32. The normalized spacial score (nSPS) is 35.2. The van der Waals surface area contributed by atoms with Crippen molar-refractivity contribution in [1.82, 2.24) is 0 Å². The van der Waals surface area contributed by atoms with Gasteiger partial charge < -0.3 is 0 Å². The van der Waals surface area contributed by atoms with Crippen LogP contribution in [0.2, 0.25) is 0 Å². The van der Waals surface area contributed by atoms with Gasteiger partial charge in [-0.15, -0.1) is 0 Å². The Bertz CT molecular complexity index is 208. The van der Waals surface area contributed by atoms with Crippen LogP contribution in [0, 0.1) is 29.1 Å². The average Bonchev–Trinajstić information content (AvgIpc) is 2.24. The summed E-state index contributed by atoms with van der Waals surface area (Å²) in [6.45, 7) is 14.6. The first-order valence-corrected chi connectivity index (χ1v) is 7.47. The fraction of sp³-hybridized carbons (Fsp3) is 1.00. The van der Waals surface area contributed by atoms with Crippen molar-refractivity contribution in [2.24, 2.45) is 29.1 Å². The van der Waals surface area contributed by atoms with Crippen molar-refractivity contribution in [3.8, 4) is 0 Å². The molecule has 1 saturated carbocycles. The Balaban J connectivity index is 2.63. The van der Waals surface area contributed by atoms with Gasteiger partial charge in [0.15, 0.2) is 0 Å². The molecule has 0 aliphatic heterocycles. The highest BCUT2D eigenvalue weighted by Crippen LogP contribution is 2.57. The van der Waals surface area contributed by atoms with E-state index < -0.39 is 0 Å². The number of hydrogen-bond acceptors (Lipinski definition) is 0. The maximum absolute atomic E-state index is 2.56. The lowest BCUT2D eigenvalue weighted by Gasteiger charge is -2.55. The largest absolute Gasteiger partial charge is 0.0654 e. The van der Waals surface area contributed by atoms with Gasteiger partial charge in [-0.2, -0.15) is 0 Å². The van der Waals surface area contributed by atoms with Crippen LogP contribution in [0.4, 0.5) is 0 Å². The van der Waals surface area contributed by atoms with E-state index in [2.05, 4.69) is 41.5 Å². The average molecular weight is 224 g/mol. The van der Waals surface area contributed by atoms with Crippen LogP contribution in [0.3, 0.4) is 0 Å². The van der Waals surface area contributed by atoms with E-state index in [0.717, 1.165) is 23.7 Å². The molecule has 0 saturated heterocycles. The molecule has 0 N–H and O–H groups in total. The van der Waals surface area contributed by atoms with Crippen LogP contribution in [-0.2, 0) is 0 Å². The van der Waals surface area contributed by atoms with Crippen molar-refractivity contribution >= 4 is 0 Å². The summed E-state index contributed by atoms with van der Waals surface area (Å²) in [6.07, 6.45) is 7.07. The highest BCUT2D eigenvalue weighted by molar-refractivity contribution is 4.98. The first-order chi connectivity index (χ1) is 7.47. The van der Waals surface area contributed by atoms with Crippen molar-refractivity contribution in [2.75, 3.05) is 0 Å². The predicted molar refractivity (Wildman–Crippen MR) is 73.5 cm³/mol. The monoisotopic (exact) mass is 224 g/mol. The Morgan fingerprint density at radius 3 is 2.19 bits per heavy atom. The first kappa shape index (κ1) is 14.1. The smallest absolute Gasteiger partial charge is 0.0267 e. The fourth-order valence-corrected chi connectivity index (χ4v) is 3.93. The fourth-order valence-electron chi connectivity index (χ4n) is 3.93. The summed E-state index contributed by atoms with van der Waals surface area (Å²) in [5, 5.41) is 0. The van der Waals surface area contributed by atoms with Crippen LogP contribution in [0.25, 0.3) is 0 Å².